The summed E-state index contributed by atoms with van der Waals surface area (Å²) in [4.78, 5) is 5.15. The molecule has 1 heterocycles. The molecule has 0 unspecified atom stereocenters. The van der Waals surface area contributed by atoms with E-state index >= 15 is 4.39 Å². The van der Waals surface area contributed by atoms with E-state index < -0.39 is 44.9 Å². The number of halogens is 5. The minimum atomic E-state index is -4.54. The Hall–Kier alpha value is -2.81. The first-order valence-electron chi connectivity index (χ1n) is 12.9. The van der Waals surface area contributed by atoms with Crippen LogP contribution in [0, 0.1) is 11.7 Å². The van der Waals surface area contributed by atoms with Gasteiger partial charge in [-0.05, 0) is 57.6 Å². The zero-order valence-electron chi connectivity index (χ0n) is 23.3. The van der Waals surface area contributed by atoms with Crippen molar-refractivity contribution in [2.24, 2.45) is 5.92 Å². The van der Waals surface area contributed by atoms with E-state index in [9.17, 15) is 21.6 Å². The highest BCUT2D eigenvalue weighted by Crippen LogP contribution is 2.41. The van der Waals surface area contributed by atoms with Gasteiger partial charge < -0.3 is 19.7 Å². The summed E-state index contributed by atoms with van der Waals surface area (Å²) in [6, 6.07) is 5.88. The minimum Gasteiger partial charge on any atom is -0.497 e. The Morgan fingerprint density at radius 3 is 2.48 bits per heavy atom. The summed E-state index contributed by atoms with van der Waals surface area (Å²) in [5.41, 5.74) is 0.569. The van der Waals surface area contributed by atoms with Crippen molar-refractivity contribution in [1.82, 2.24) is 9.88 Å². The fourth-order valence-corrected chi connectivity index (χ4v) is 7.70. The molecule has 1 aliphatic carbocycles. The van der Waals surface area contributed by atoms with E-state index in [0.29, 0.717) is 17.1 Å². The standard InChI is InChI=1S/C27H31ClF4N4O4S2/c1-35(2)23-11-17(27(30,31)32)6-8-21(23)34-22-14-20(29)25(13-19(22)28)42(37,38)36(26-33-9-10-41-26)15-16-5-7-18(39-3)12-24(16)40-4/h5,7,9-10,12-14,17,21,23,34H,6,8,11,15H2,1-4H3/t17-,21-,23-/m0/s1. The molecule has 2 aromatic carbocycles. The Kier molecular flexibility index (Phi) is 9.80. The maximum atomic E-state index is 15.6. The average molecular weight is 651 g/mol. The van der Waals surface area contributed by atoms with Gasteiger partial charge in [0.15, 0.2) is 5.13 Å². The van der Waals surface area contributed by atoms with Gasteiger partial charge in [-0.2, -0.15) is 13.2 Å². The lowest BCUT2D eigenvalue weighted by Gasteiger charge is -2.41. The van der Waals surface area contributed by atoms with Crippen molar-refractivity contribution < 1.29 is 35.5 Å². The van der Waals surface area contributed by atoms with E-state index in [2.05, 4.69) is 10.3 Å². The fraction of sp³-hybridized carbons (Fsp3) is 0.444. The lowest BCUT2D eigenvalue weighted by molar-refractivity contribution is -0.186. The summed E-state index contributed by atoms with van der Waals surface area (Å²) in [5, 5.41) is 4.66. The number of ether oxygens (including phenoxy) is 2. The number of anilines is 2. The second kappa shape index (κ2) is 12.8. The SMILES string of the molecule is COc1ccc(CN(c2nccs2)S(=O)(=O)c2cc(Cl)c(N[C@H]3CC[C@H](C(F)(F)F)C[C@@H]3N(C)C)cc2F)c(OC)c1. The number of benzene rings is 2. The van der Waals surface area contributed by atoms with Gasteiger partial charge >= 0.3 is 6.18 Å². The van der Waals surface area contributed by atoms with Crippen molar-refractivity contribution >= 4 is 43.8 Å². The molecular formula is C27H31ClF4N4O4S2. The third-order valence-electron chi connectivity index (χ3n) is 7.31. The van der Waals surface area contributed by atoms with E-state index in [1.165, 1.54) is 20.4 Å². The number of thiazole rings is 1. The van der Waals surface area contributed by atoms with Crippen LogP contribution in [-0.4, -0.2) is 64.9 Å². The molecule has 0 radical (unpaired) electrons. The maximum Gasteiger partial charge on any atom is 0.391 e. The van der Waals surface area contributed by atoms with Crippen LogP contribution in [0.25, 0.3) is 0 Å². The topological polar surface area (TPSA) is 84.0 Å². The number of nitrogens with zero attached hydrogens (tertiary/aromatic N) is 3. The molecule has 0 amide bonds. The first-order chi connectivity index (χ1) is 19.8. The van der Waals surface area contributed by atoms with Crippen LogP contribution in [0.1, 0.15) is 24.8 Å². The largest absolute Gasteiger partial charge is 0.497 e. The monoisotopic (exact) mass is 650 g/mol. The zero-order valence-corrected chi connectivity index (χ0v) is 25.7. The van der Waals surface area contributed by atoms with Gasteiger partial charge in [0.1, 0.15) is 22.2 Å². The van der Waals surface area contributed by atoms with Gasteiger partial charge in [-0.15, -0.1) is 11.3 Å². The molecule has 42 heavy (non-hydrogen) atoms. The van der Waals surface area contributed by atoms with Crippen LogP contribution in [0.15, 0.2) is 46.8 Å². The van der Waals surface area contributed by atoms with Gasteiger partial charge in [0.25, 0.3) is 10.0 Å². The minimum absolute atomic E-state index is 0.0876. The van der Waals surface area contributed by atoms with Crippen molar-refractivity contribution in [3.8, 4) is 11.5 Å². The molecule has 0 aliphatic heterocycles. The Balaban J connectivity index is 1.65. The first kappa shape index (κ1) is 32.1. The molecule has 1 saturated carbocycles. The molecule has 3 atom stereocenters. The van der Waals surface area contributed by atoms with E-state index in [0.717, 1.165) is 27.8 Å². The number of rotatable bonds is 10. The molecule has 1 aliphatic rings. The summed E-state index contributed by atoms with van der Waals surface area (Å²) in [6.45, 7) is -0.229. The third-order valence-corrected chi connectivity index (χ3v) is 10.3. The molecule has 1 N–H and O–H groups in total. The van der Waals surface area contributed by atoms with Crippen molar-refractivity contribution in [3.63, 3.8) is 0 Å². The van der Waals surface area contributed by atoms with Crippen LogP contribution in [0.2, 0.25) is 5.02 Å². The Labute approximate surface area is 251 Å². The smallest absolute Gasteiger partial charge is 0.391 e. The van der Waals surface area contributed by atoms with Crippen LogP contribution in [0.3, 0.4) is 0 Å². The molecule has 15 heteroatoms. The molecular weight excluding hydrogens is 620 g/mol. The quantitative estimate of drug-likeness (QED) is 0.254. The summed E-state index contributed by atoms with van der Waals surface area (Å²) >= 11 is 7.53. The maximum absolute atomic E-state index is 15.6. The normalized spacial score (nSPS) is 19.5. The number of likely N-dealkylation sites (N-methyl/N-ethyl adjacent to an activating group) is 1. The van der Waals surface area contributed by atoms with Crippen molar-refractivity contribution in [2.45, 2.75) is 49.0 Å². The summed E-state index contributed by atoms with van der Waals surface area (Å²) in [7, 11) is 1.74. The number of hydrogen-bond acceptors (Lipinski definition) is 8. The molecule has 1 fully saturated rings. The average Bonchev–Trinajstić information content (AvgIpc) is 3.47. The fourth-order valence-electron chi connectivity index (χ4n) is 5.07. The van der Waals surface area contributed by atoms with Crippen LogP contribution < -0.4 is 19.1 Å². The number of methoxy groups -OCH3 is 2. The van der Waals surface area contributed by atoms with E-state index in [4.69, 9.17) is 21.1 Å². The highest BCUT2D eigenvalue weighted by atomic mass is 35.5. The molecule has 8 nitrogen and oxygen atoms in total. The molecule has 0 saturated heterocycles. The van der Waals surface area contributed by atoms with Crippen LogP contribution in [0.5, 0.6) is 11.5 Å². The van der Waals surface area contributed by atoms with Crippen LogP contribution in [0.4, 0.5) is 28.4 Å². The van der Waals surface area contributed by atoms with E-state index in [1.54, 1.807) is 42.6 Å². The number of hydrogen-bond donors (Lipinski definition) is 1. The number of alkyl halides is 3. The number of nitrogens with one attached hydrogen (secondary N) is 1. The summed E-state index contributed by atoms with van der Waals surface area (Å²) in [5.74, 6) is -1.65. The van der Waals surface area contributed by atoms with Gasteiger partial charge in [-0.3, -0.25) is 0 Å². The van der Waals surface area contributed by atoms with Crippen molar-refractivity contribution in [2.75, 3.05) is 37.9 Å². The van der Waals surface area contributed by atoms with Gasteiger partial charge in [0.2, 0.25) is 0 Å². The molecule has 3 aromatic rings. The van der Waals surface area contributed by atoms with Crippen LogP contribution >= 0.6 is 22.9 Å². The summed E-state index contributed by atoms with van der Waals surface area (Å²) < 4.78 is 95.2. The van der Waals surface area contributed by atoms with Gasteiger partial charge in [0, 0.05) is 35.3 Å². The molecule has 0 bridgehead atoms. The van der Waals surface area contributed by atoms with E-state index in [1.807, 2.05) is 0 Å². The van der Waals surface area contributed by atoms with Gasteiger partial charge in [-0.25, -0.2) is 22.1 Å². The molecule has 1 aromatic heterocycles. The molecule has 4 rings (SSSR count). The Morgan fingerprint density at radius 2 is 1.88 bits per heavy atom. The molecule has 230 valence electrons. The Bertz CT molecular complexity index is 1490. The highest BCUT2D eigenvalue weighted by Gasteiger charge is 2.45. The number of sulfonamides is 1. The van der Waals surface area contributed by atoms with Crippen molar-refractivity contribution in [1.29, 1.82) is 0 Å². The van der Waals surface area contributed by atoms with Crippen LogP contribution in [-0.2, 0) is 16.6 Å². The first-order valence-corrected chi connectivity index (χ1v) is 15.6. The van der Waals surface area contributed by atoms with Gasteiger partial charge in [-0.1, -0.05) is 11.6 Å². The van der Waals surface area contributed by atoms with Gasteiger partial charge in [0.05, 0.1) is 37.4 Å². The Morgan fingerprint density at radius 1 is 1.14 bits per heavy atom. The summed E-state index contributed by atoms with van der Waals surface area (Å²) in [6.07, 6.45) is -2.92. The lowest BCUT2D eigenvalue weighted by atomic mass is 9.81. The predicted octanol–water partition coefficient (Wildman–Crippen LogP) is 6.42. The highest BCUT2D eigenvalue weighted by molar-refractivity contribution is 7.93. The van der Waals surface area contributed by atoms with Crippen molar-refractivity contribution in [3.05, 3.63) is 58.3 Å². The predicted molar refractivity (Wildman–Crippen MR) is 155 cm³/mol. The lowest BCUT2D eigenvalue weighted by Crippen LogP contribution is -2.49. The zero-order chi connectivity index (χ0) is 30.8. The molecule has 0 spiro atoms. The van der Waals surface area contributed by atoms with E-state index in [-0.39, 0.29) is 41.6 Å². The third kappa shape index (κ3) is 6.87. The second-order valence-electron chi connectivity index (χ2n) is 10.1. The number of aromatic nitrogens is 1. The second-order valence-corrected chi connectivity index (χ2v) is 13.2.